The van der Waals surface area contributed by atoms with Crippen LogP contribution >= 0.6 is 7.82 Å². The minimum absolute atomic E-state index is 0.0994. The summed E-state index contributed by atoms with van der Waals surface area (Å²) in [4.78, 5) is 114. The Morgan fingerprint density at radius 1 is 0.667 bits per heavy atom. The monoisotopic (exact) mass is 1320 g/mol. The third-order valence-electron chi connectivity index (χ3n) is 17.0. The molecule has 0 aliphatic carbocycles. The second-order valence-electron chi connectivity index (χ2n) is 24.6. The molecule has 3 aromatic carbocycles. The normalized spacial score (nSPS) is 25.8. The molecule has 0 bridgehead atoms. The van der Waals surface area contributed by atoms with Crippen molar-refractivity contribution in [3.05, 3.63) is 102 Å². The van der Waals surface area contributed by atoms with Crippen LogP contribution in [-0.2, 0) is 65.2 Å². The molecule has 28 nitrogen and oxygen atoms in total. The molecule has 8 amide bonds. The molecule has 3 aliphatic heterocycles. The third kappa shape index (κ3) is 22.3. The first-order valence-corrected chi connectivity index (χ1v) is 33.3. The molecule has 0 aromatic heterocycles. The van der Waals surface area contributed by atoms with Crippen LogP contribution in [0.2, 0.25) is 0 Å². The Morgan fingerprint density at radius 3 is 1.83 bits per heavy atom. The van der Waals surface area contributed by atoms with Gasteiger partial charge in [0.25, 0.3) is 0 Å². The van der Waals surface area contributed by atoms with Gasteiger partial charge in [-0.1, -0.05) is 139 Å². The van der Waals surface area contributed by atoms with Crippen molar-refractivity contribution in [3.63, 3.8) is 0 Å². The average Bonchev–Trinajstić information content (AvgIpc) is 1.88. The molecule has 514 valence electrons. The Morgan fingerprint density at radius 2 is 1.24 bits per heavy atom. The quantitative estimate of drug-likeness (QED) is 0.0354. The number of benzene rings is 3. The lowest BCUT2D eigenvalue weighted by atomic mass is 9.91. The average molecular weight is 1330 g/mol. The van der Waals surface area contributed by atoms with Crippen molar-refractivity contribution in [1.82, 2.24) is 36.4 Å². The standard InChI is InChI=1S/C64H93N8O20P/c1-5-37(2)30-38(3)18-12-8-6-7-9-17-23-51(79)66-45-32-49(77)60(84)70-62(86)55-47(75)28-29-71(55)64(88)53(48(76)33-50(65)78)68-61(85)54(69-59(83)46-31-43(74)34-72(46)63(87)52(39(4)73)67-58(45)82)57(81)56(80)42-24-26-44(27-25-42)92-93(89,90-35-40-19-13-10-14-20-40)91-36-41-21-15-11-16-22-41/h10-11,13-16,19-22,24-27,37-39,43,45-49,52-57,60,73-77,80-81,84H,5-9,12,17-18,23,28-36H2,1-4H3,(H2,65,78)(H,66,79)(H,67,82)(H,68,85)(H,69,83)(H,70,86)/t37?,38?,39?,43?,45-,46-,47?,48?,49?,52-,53-,54-,55-,56?,57?,60?/m0/s1. The van der Waals surface area contributed by atoms with E-state index < -0.39 is 173 Å². The maximum absolute atomic E-state index is 14.8. The molecule has 3 aromatic rings. The van der Waals surface area contributed by atoms with Gasteiger partial charge in [-0.2, -0.15) is 0 Å². The van der Waals surface area contributed by atoms with Gasteiger partial charge in [0.05, 0.1) is 44.1 Å². The number of nitrogens with zero attached hydrogens (tertiary/aromatic N) is 2. The highest BCUT2D eigenvalue weighted by Gasteiger charge is 2.49. The number of aliphatic hydroxyl groups excluding tert-OH is 8. The van der Waals surface area contributed by atoms with Crippen LogP contribution in [0.15, 0.2) is 84.9 Å². The molecule has 15 N–H and O–H groups in total. The summed E-state index contributed by atoms with van der Waals surface area (Å²) in [5, 5.41) is 103. The van der Waals surface area contributed by atoms with E-state index in [0.29, 0.717) is 40.7 Å². The number of nitrogens with two attached hydrogens (primary N) is 1. The number of nitrogens with one attached hydrogen (secondary N) is 5. The molecule has 93 heavy (non-hydrogen) atoms. The lowest BCUT2D eigenvalue weighted by molar-refractivity contribution is -0.149. The first kappa shape index (κ1) is 75.1. The molecule has 29 heteroatoms. The molecule has 3 saturated heterocycles. The fourth-order valence-corrected chi connectivity index (χ4v) is 12.7. The van der Waals surface area contributed by atoms with Crippen molar-refractivity contribution < 1.29 is 97.3 Å². The van der Waals surface area contributed by atoms with E-state index >= 15 is 0 Å². The number of fused-ring (bicyclic) bond motifs is 2. The topological polar surface area (TPSA) is 436 Å². The highest BCUT2D eigenvalue weighted by atomic mass is 31.2. The van der Waals surface area contributed by atoms with E-state index in [0.717, 1.165) is 50.3 Å². The van der Waals surface area contributed by atoms with E-state index in [4.69, 9.17) is 19.3 Å². The zero-order valence-corrected chi connectivity index (χ0v) is 53.8. The first-order valence-electron chi connectivity index (χ1n) is 31.8. The predicted octanol–water partition coefficient (Wildman–Crippen LogP) is 0.874. The van der Waals surface area contributed by atoms with E-state index in [1.165, 1.54) is 30.7 Å². The molecule has 3 fully saturated rings. The number of aliphatic hydroxyl groups is 8. The van der Waals surface area contributed by atoms with Gasteiger partial charge in [0, 0.05) is 32.4 Å². The zero-order chi connectivity index (χ0) is 68.1. The van der Waals surface area contributed by atoms with Crippen LogP contribution in [0.3, 0.4) is 0 Å². The number of unbranched alkanes of at least 4 members (excludes halogenated alkanes) is 5. The van der Waals surface area contributed by atoms with E-state index in [1.807, 2.05) is 0 Å². The Balaban J connectivity index is 1.29. The lowest BCUT2D eigenvalue weighted by Crippen LogP contribution is -2.64. The van der Waals surface area contributed by atoms with Gasteiger partial charge in [-0.3, -0.25) is 47.4 Å². The molecule has 3 heterocycles. The minimum atomic E-state index is -4.46. The number of carbonyl (C=O) groups is 8. The third-order valence-corrected chi connectivity index (χ3v) is 18.3. The summed E-state index contributed by atoms with van der Waals surface area (Å²) < 4.78 is 31.4. The number of primary amides is 1. The van der Waals surface area contributed by atoms with Crippen molar-refractivity contribution in [2.24, 2.45) is 17.6 Å². The van der Waals surface area contributed by atoms with Crippen molar-refractivity contribution in [1.29, 1.82) is 0 Å². The second kappa shape index (κ2) is 36.1. The summed E-state index contributed by atoms with van der Waals surface area (Å²) in [5.74, 6) is -8.73. The fourth-order valence-electron chi connectivity index (χ4n) is 11.5. The summed E-state index contributed by atoms with van der Waals surface area (Å²) in [6.45, 7) is 6.27. The Hall–Kier alpha value is -6.95. The fraction of sp³-hybridized carbons (Fsp3) is 0.594. The van der Waals surface area contributed by atoms with E-state index in [1.54, 1.807) is 60.7 Å². The van der Waals surface area contributed by atoms with E-state index in [2.05, 4.69) is 47.4 Å². The minimum Gasteiger partial charge on any atom is -0.404 e. The SMILES string of the molecule is CCC(C)CC(C)CCCCCCCCC(=O)N[C@H]1CC(O)C(O)NC(=O)[C@@H]2C(O)CCN2C(=O)[C@H](C(O)CC(N)=O)NC(=O)[C@H](C(O)C(O)c2ccc(OP(=O)(OCc3ccccc3)OCc3ccccc3)cc2)NC(=O)[C@@H]2CC(O)CN2C(=O)[C@H](C(C)O)NC1=O. The number of hydrogen-bond donors (Lipinski definition) is 14. The van der Waals surface area contributed by atoms with Gasteiger partial charge in [0.15, 0.2) is 6.23 Å². The molecule has 3 aliphatic rings. The van der Waals surface area contributed by atoms with Gasteiger partial charge in [-0.05, 0) is 66.8 Å². The Bertz CT molecular complexity index is 2940. The first-order chi connectivity index (χ1) is 44.2. The molecule has 16 atom stereocenters. The van der Waals surface area contributed by atoms with Crippen LogP contribution in [-0.4, -0.2) is 190 Å². The Kier molecular flexibility index (Phi) is 29.1. The van der Waals surface area contributed by atoms with Gasteiger partial charge >= 0.3 is 7.82 Å². The highest BCUT2D eigenvalue weighted by Crippen LogP contribution is 2.51. The van der Waals surface area contributed by atoms with Crippen molar-refractivity contribution in [2.45, 2.75) is 216 Å². The maximum atomic E-state index is 14.8. The van der Waals surface area contributed by atoms with Crippen LogP contribution in [0, 0.1) is 11.8 Å². The number of amides is 8. The second-order valence-corrected chi connectivity index (χ2v) is 26.2. The summed E-state index contributed by atoms with van der Waals surface area (Å²) >= 11 is 0. The zero-order valence-electron chi connectivity index (χ0n) is 52.9. The molecule has 10 unspecified atom stereocenters. The van der Waals surface area contributed by atoms with Crippen LogP contribution in [0.1, 0.15) is 140 Å². The lowest BCUT2D eigenvalue weighted by Gasteiger charge is -2.34. The van der Waals surface area contributed by atoms with Crippen molar-refractivity contribution in [3.8, 4) is 5.75 Å². The van der Waals surface area contributed by atoms with Crippen LogP contribution in [0.5, 0.6) is 5.75 Å². The smallest absolute Gasteiger partial charge is 0.404 e. The van der Waals surface area contributed by atoms with Crippen molar-refractivity contribution >= 4 is 55.1 Å². The number of phosphoric ester groups is 1. The van der Waals surface area contributed by atoms with E-state index in [9.17, 15) is 83.8 Å². The van der Waals surface area contributed by atoms with Gasteiger partial charge in [-0.25, -0.2) is 4.57 Å². The predicted molar refractivity (Wildman–Crippen MR) is 335 cm³/mol. The van der Waals surface area contributed by atoms with Crippen molar-refractivity contribution in [2.75, 3.05) is 13.1 Å². The van der Waals surface area contributed by atoms with Crippen LogP contribution in [0.4, 0.5) is 0 Å². The molecular weight excluding hydrogens is 1230 g/mol. The van der Waals surface area contributed by atoms with E-state index in [-0.39, 0.29) is 37.4 Å². The van der Waals surface area contributed by atoms with Gasteiger partial charge in [0.1, 0.15) is 60.3 Å². The van der Waals surface area contributed by atoms with Gasteiger partial charge in [-0.15, -0.1) is 0 Å². The summed E-state index contributed by atoms with van der Waals surface area (Å²) in [6, 6.07) is 9.85. The maximum Gasteiger partial charge on any atom is 0.530 e. The summed E-state index contributed by atoms with van der Waals surface area (Å²) in [5.41, 5.74) is 6.47. The molecule has 6 rings (SSSR count). The summed E-state index contributed by atoms with van der Waals surface area (Å²) in [7, 11) is -4.46. The summed E-state index contributed by atoms with van der Waals surface area (Å²) in [6.07, 6.45) is -10.9. The largest absolute Gasteiger partial charge is 0.530 e. The van der Waals surface area contributed by atoms with Crippen LogP contribution < -0.4 is 36.8 Å². The molecule has 0 radical (unpaired) electrons. The number of carbonyl (C=O) groups excluding carboxylic acids is 8. The van der Waals surface area contributed by atoms with Gasteiger partial charge in [0.2, 0.25) is 47.3 Å². The number of phosphoric acid groups is 1. The van der Waals surface area contributed by atoms with Crippen LogP contribution in [0.25, 0.3) is 0 Å². The number of hydrogen-bond acceptors (Lipinski definition) is 20. The van der Waals surface area contributed by atoms with Gasteiger partial charge < -0.3 is 87.5 Å². The molecule has 0 saturated carbocycles. The molecular formula is C64H93N8O20P. The molecule has 0 spiro atoms. The Labute approximate surface area is 540 Å². The highest BCUT2D eigenvalue weighted by molar-refractivity contribution is 7.48. The number of rotatable bonds is 28.